The molecule has 1 heterocycles. The van der Waals surface area contributed by atoms with Crippen molar-refractivity contribution in [3.8, 4) is 5.75 Å². The van der Waals surface area contributed by atoms with Gasteiger partial charge in [0.2, 0.25) is 0 Å². The Morgan fingerprint density at radius 2 is 1.85 bits per heavy atom. The maximum atomic E-state index is 12.9. The summed E-state index contributed by atoms with van der Waals surface area (Å²) in [6, 6.07) is 11.7. The molecule has 27 heavy (non-hydrogen) atoms. The van der Waals surface area contributed by atoms with Crippen molar-refractivity contribution in [1.82, 2.24) is 5.32 Å². The molecule has 1 aliphatic rings. The van der Waals surface area contributed by atoms with Gasteiger partial charge in [-0.3, -0.25) is 14.9 Å². The van der Waals surface area contributed by atoms with Gasteiger partial charge in [0, 0.05) is 0 Å². The Bertz CT molecular complexity index is 962. The number of hydrogen-bond acceptors (Lipinski definition) is 4. The maximum absolute atomic E-state index is 12.9. The van der Waals surface area contributed by atoms with Crippen molar-refractivity contribution in [2.24, 2.45) is 0 Å². The van der Waals surface area contributed by atoms with Crippen LogP contribution in [-0.2, 0) is 9.59 Å². The molecule has 1 aliphatic heterocycles. The number of aryl methyl sites for hydroxylation is 2. The number of nitrogens with one attached hydrogen (secondary N) is 1. The molecule has 0 radical (unpaired) electrons. The van der Waals surface area contributed by atoms with Gasteiger partial charge in [0.15, 0.2) is 0 Å². The molecule has 0 spiro atoms. The fraction of sp³-hybridized carbons (Fsp3) is 0.190. The van der Waals surface area contributed by atoms with Crippen LogP contribution in [0.15, 0.2) is 48.0 Å². The van der Waals surface area contributed by atoms with Crippen molar-refractivity contribution < 1.29 is 19.1 Å². The van der Waals surface area contributed by atoms with Crippen LogP contribution in [0, 0.1) is 13.8 Å². The zero-order valence-corrected chi connectivity index (χ0v) is 15.4. The number of ether oxygens (including phenoxy) is 1. The van der Waals surface area contributed by atoms with E-state index in [4.69, 9.17) is 4.74 Å². The van der Waals surface area contributed by atoms with Crippen molar-refractivity contribution in [3.63, 3.8) is 0 Å². The fourth-order valence-electron chi connectivity index (χ4n) is 2.96. The number of nitrogens with zero attached hydrogens (tertiary/aromatic N) is 1. The van der Waals surface area contributed by atoms with E-state index in [0.29, 0.717) is 23.6 Å². The van der Waals surface area contributed by atoms with Crippen LogP contribution < -0.4 is 15.0 Å². The summed E-state index contributed by atoms with van der Waals surface area (Å²) in [5.74, 6) is -0.733. The Balaban J connectivity index is 2.01. The Morgan fingerprint density at radius 3 is 2.56 bits per heavy atom. The Labute approximate surface area is 157 Å². The van der Waals surface area contributed by atoms with Gasteiger partial charge in [0.25, 0.3) is 11.8 Å². The van der Waals surface area contributed by atoms with E-state index in [-0.39, 0.29) is 5.57 Å². The van der Waals surface area contributed by atoms with Gasteiger partial charge in [0.05, 0.1) is 12.3 Å². The summed E-state index contributed by atoms with van der Waals surface area (Å²) in [6.45, 7) is 6.12. The molecule has 1 N–H and O–H groups in total. The second kappa shape index (κ2) is 7.45. The molecule has 0 aromatic heterocycles. The molecule has 6 heteroatoms. The van der Waals surface area contributed by atoms with Crippen LogP contribution in [0.2, 0.25) is 0 Å². The van der Waals surface area contributed by atoms with Gasteiger partial charge in [-0.05, 0) is 56.2 Å². The van der Waals surface area contributed by atoms with E-state index in [1.807, 2.05) is 32.9 Å². The molecule has 1 fully saturated rings. The topological polar surface area (TPSA) is 75.7 Å². The second-order valence-corrected chi connectivity index (χ2v) is 6.25. The molecule has 0 aliphatic carbocycles. The van der Waals surface area contributed by atoms with E-state index in [0.717, 1.165) is 16.0 Å². The van der Waals surface area contributed by atoms with Crippen LogP contribution in [0.1, 0.15) is 23.6 Å². The average molecular weight is 364 g/mol. The third-order valence-electron chi connectivity index (χ3n) is 4.17. The third-order valence-corrected chi connectivity index (χ3v) is 4.17. The van der Waals surface area contributed by atoms with Gasteiger partial charge < -0.3 is 4.74 Å². The van der Waals surface area contributed by atoms with E-state index in [9.17, 15) is 14.4 Å². The number of carbonyl (C=O) groups excluding carboxylic acids is 3. The van der Waals surface area contributed by atoms with Gasteiger partial charge in [-0.2, -0.15) is 0 Å². The van der Waals surface area contributed by atoms with Crippen molar-refractivity contribution in [1.29, 1.82) is 0 Å². The third kappa shape index (κ3) is 3.74. The number of imide groups is 2. The SMILES string of the molecule is CCOc1cccc(/C=C2\C(=O)NC(=O)N(c3ccc(C)cc3C)C2=O)c1. The summed E-state index contributed by atoms with van der Waals surface area (Å²) in [7, 11) is 0. The molecule has 2 aromatic carbocycles. The summed E-state index contributed by atoms with van der Waals surface area (Å²) < 4.78 is 5.44. The molecule has 138 valence electrons. The van der Waals surface area contributed by atoms with E-state index >= 15 is 0 Å². The Morgan fingerprint density at radius 1 is 1.07 bits per heavy atom. The van der Waals surface area contributed by atoms with Crippen molar-refractivity contribution >= 4 is 29.6 Å². The molecular formula is C21H20N2O4. The van der Waals surface area contributed by atoms with E-state index < -0.39 is 17.8 Å². The molecule has 3 rings (SSSR count). The zero-order chi connectivity index (χ0) is 19.6. The van der Waals surface area contributed by atoms with Crippen LogP contribution in [0.5, 0.6) is 5.75 Å². The predicted molar refractivity (Wildman–Crippen MR) is 103 cm³/mol. The number of urea groups is 1. The van der Waals surface area contributed by atoms with Crippen LogP contribution in [0.25, 0.3) is 6.08 Å². The molecule has 2 aromatic rings. The Hall–Kier alpha value is -3.41. The van der Waals surface area contributed by atoms with Gasteiger partial charge in [-0.15, -0.1) is 0 Å². The highest BCUT2D eigenvalue weighted by atomic mass is 16.5. The van der Waals surface area contributed by atoms with E-state index in [2.05, 4.69) is 5.32 Å². The van der Waals surface area contributed by atoms with E-state index in [1.165, 1.54) is 6.08 Å². The van der Waals surface area contributed by atoms with Gasteiger partial charge in [-0.25, -0.2) is 9.69 Å². The summed E-state index contributed by atoms with van der Waals surface area (Å²) in [6.07, 6.45) is 1.46. The number of anilines is 1. The highest BCUT2D eigenvalue weighted by Crippen LogP contribution is 2.26. The summed E-state index contributed by atoms with van der Waals surface area (Å²) in [4.78, 5) is 38.5. The van der Waals surface area contributed by atoms with Gasteiger partial charge >= 0.3 is 6.03 Å². The van der Waals surface area contributed by atoms with Crippen molar-refractivity contribution in [3.05, 3.63) is 64.7 Å². The normalized spacial score (nSPS) is 15.9. The lowest BCUT2D eigenvalue weighted by atomic mass is 10.0. The van der Waals surface area contributed by atoms with Crippen LogP contribution in [0.3, 0.4) is 0 Å². The summed E-state index contributed by atoms with van der Waals surface area (Å²) in [5.41, 5.74) is 2.76. The van der Waals surface area contributed by atoms with Crippen LogP contribution >= 0.6 is 0 Å². The molecule has 0 unspecified atom stereocenters. The highest BCUT2D eigenvalue weighted by Gasteiger charge is 2.37. The number of rotatable bonds is 4. The number of amides is 4. The molecule has 6 nitrogen and oxygen atoms in total. The minimum Gasteiger partial charge on any atom is -0.494 e. The number of benzene rings is 2. The molecule has 0 bridgehead atoms. The lowest BCUT2D eigenvalue weighted by Gasteiger charge is -2.27. The van der Waals surface area contributed by atoms with Crippen LogP contribution in [0.4, 0.5) is 10.5 Å². The van der Waals surface area contributed by atoms with Crippen molar-refractivity contribution in [2.45, 2.75) is 20.8 Å². The number of hydrogen-bond donors (Lipinski definition) is 1. The minimum absolute atomic E-state index is 0.108. The zero-order valence-electron chi connectivity index (χ0n) is 15.4. The van der Waals surface area contributed by atoms with E-state index in [1.54, 1.807) is 30.3 Å². The molecule has 1 saturated heterocycles. The molecular weight excluding hydrogens is 344 g/mol. The molecule has 4 amide bonds. The number of barbiturate groups is 1. The van der Waals surface area contributed by atoms with Gasteiger partial charge in [-0.1, -0.05) is 29.8 Å². The standard InChI is InChI=1S/C21H20N2O4/c1-4-27-16-7-5-6-15(11-16)12-17-19(24)22-21(26)23(20(17)25)18-9-8-13(2)10-14(18)3/h5-12H,4H2,1-3H3,(H,22,24,26)/b17-12+. The second-order valence-electron chi connectivity index (χ2n) is 6.25. The lowest BCUT2D eigenvalue weighted by molar-refractivity contribution is -0.122. The monoisotopic (exact) mass is 364 g/mol. The highest BCUT2D eigenvalue weighted by molar-refractivity contribution is 6.39. The first kappa shape index (κ1) is 18.4. The molecule has 0 saturated carbocycles. The first-order valence-corrected chi connectivity index (χ1v) is 8.62. The Kier molecular flexibility index (Phi) is 5.07. The maximum Gasteiger partial charge on any atom is 0.335 e. The number of carbonyl (C=O) groups is 3. The fourth-order valence-corrected chi connectivity index (χ4v) is 2.96. The first-order chi connectivity index (χ1) is 12.9. The predicted octanol–water partition coefficient (Wildman–Crippen LogP) is 3.37. The average Bonchev–Trinajstić information content (AvgIpc) is 2.61. The minimum atomic E-state index is -0.753. The molecule has 0 atom stereocenters. The first-order valence-electron chi connectivity index (χ1n) is 8.62. The smallest absolute Gasteiger partial charge is 0.335 e. The largest absolute Gasteiger partial charge is 0.494 e. The quantitative estimate of drug-likeness (QED) is 0.667. The van der Waals surface area contributed by atoms with Gasteiger partial charge in [0.1, 0.15) is 11.3 Å². The lowest BCUT2D eigenvalue weighted by Crippen LogP contribution is -2.54. The van der Waals surface area contributed by atoms with Crippen LogP contribution in [-0.4, -0.2) is 24.5 Å². The van der Waals surface area contributed by atoms with Crippen molar-refractivity contribution in [2.75, 3.05) is 11.5 Å². The summed E-state index contributed by atoms with van der Waals surface area (Å²) in [5, 5.41) is 2.24. The summed E-state index contributed by atoms with van der Waals surface area (Å²) >= 11 is 0.